The van der Waals surface area contributed by atoms with Crippen LogP contribution >= 0.6 is 0 Å². The molecule has 2 fully saturated rings. The third-order valence-electron chi connectivity index (χ3n) is 5.48. The summed E-state index contributed by atoms with van der Waals surface area (Å²) in [6.07, 6.45) is 4.52. The van der Waals surface area contributed by atoms with Crippen molar-refractivity contribution in [3.63, 3.8) is 0 Å². The van der Waals surface area contributed by atoms with Gasteiger partial charge in [-0.05, 0) is 55.0 Å². The summed E-state index contributed by atoms with van der Waals surface area (Å²) in [5.74, 6) is 1.35. The average molecular weight is 257 g/mol. The van der Waals surface area contributed by atoms with E-state index in [1.54, 1.807) is 6.07 Å². The summed E-state index contributed by atoms with van der Waals surface area (Å²) < 4.78 is 0. The van der Waals surface area contributed by atoms with Crippen LogP contribution in [0.2, 0.25) is 0 Å². The zero-order valence-corrected chi connectivity index (χ0v) is 11.0. The number of nitrogens with one attached hydrogen (secondary N) is 1. The molecule has 1 aliphatic heterocycles. The van der Waals surface area contributed by atoms with Crippen LogP contribution in [-0.2, 0) is 16.6 Å². The quantitative estimate of drug-likeness (QED) is 0.746. The fourth-order valence-electron chi connectivity index (χ4n) is 4.76. The number of benzene rings is 1. The largest absolute Gasteiger partial charge is 0.508 e. The molecule has 0 amide bonds. The van der Waals surface area contributed by atoms with E-state index in [9.17, 15) is 9.90 Å². The third-order valence-corrected chi connectivity index (χ3v) is 5.48. The van der Waals surface area contributed by atoms with E-state index in [2.05, 4.69) is 11.4 Å². The minimum absolute atomic E-state index is 0.0481. The predicted octanol–water partition coefficient (Wildman–Crippen LogP) is 1.92. The van der Waals surface area contributed by atoms with Gasteiger partial charge in [0, 0.05) is 24.3 Å². The molecule has 0 radical (unpaired) electrons. The van der Waals surface area contributed by atoms with Gasteiger partial charge in [0.2, 0.25) is 0 Å². The first-order valence-electron chi connectivity index (χ1n) is 7.26. The Bertz CT molecular complexity index is 554. The van der Waals surface area contributed by atoms with Crippen LogP contribution in [0.15, 0.2) is 18.2 Å². The van der Waals surface area contributed by atoms with Crippen LogP contribution in [0.4, 0.5) is 0 Å². The van der Waals surface area contributed by atoms with Gasteiger partial charge in [0.25, 0.3) is 0 Å². The second-order valence-electron chi connectivity index (χ2n) is 6.37. The van der Waals surface area contributed by atoms with Gasteiger partial charge >= 0.3 is 0 Å². The molecule has 1 aromatic carbocycles. The highest BCUT2D eigenvalue weighted by Crippen LogP contribution is 2.53. The Hall–Kier alpha value is -1.35. The van der Waals surface area contributed by atoms with E-state index in [4.69, 9.17) is 0 Å². The molecule has 2 aliphatic carbocycles. The number of phenols is 1. The number of ketones is 1. The lowest BCUT2D eigenvalue weighted by atomic mass is 9.52. The first-order valence-corrected chi connectivity index (χ1v) is 7.26. The molecule has 2 bridgehead atoms. The summed E-state index contributed by atoms with van der Waals surface area (Å²) in [4.78, 5) is 12.0. The number of rotatable bonds is 0. The maximum atomic E-state index is 12.0. The second kappa shape index (κ2) is 3.83. The Morgan fingerprint density at radius 2 is 2.26 bits per heavy atom. The Labute approximate surface area is 113 Å². The summed E-state index contributed by atoms with van der Waals surface area (Å²) in [6.45, 7) is 1.01. The van der Waals surface area contributed by atoms with Gasteiger partial charge in [-0.25, -0.2) is 0 Å². The van der Waals surface area contributed by atoms with Crippen molar-refractivity contribution >= 4 is 5.78 Å². The lowest BCUT2D eigenvalue weighted by Crippen LogP contribution is -2.60. The molecule has 3 aliphatic rings. The number of hydrogen-bond acceptors (Lipinski definition) is 3. The highest BCUT2D eigenvalue weighted by molar-refractivity contribution is 5.81. The average Bonchev–Trinajstić information content (AvgIpc) is 2.37. The first-order chi connectivity index (χ1) is 9.19. The molecule has 100 valence electrons. The van der Waals surface area contributed by atoms with E-state index >= 15 is 0 Å². The van der Waals surface area contributed by atoms with E-state index in [1.165, 1.54) is 11.1 Å². The highest BCUT2D eigenvalue weighted by atomic mass is 16.3. The van der Waals surface area contributed by atoms with E-state index < -0.39 is 0 Å². The van der Waals surface area contributed by atoms with E-state index in [0.717, 1.165) is 32.2 Å². The summed E-state index contributed by atoms with van der Waals surface area (Å²) in [5, 5.41) is 13.3. The Balaban J connectivity index is 1.91. The highest BCUT2D eigenvalue weighted by Gasteiger charge is 2.53. The van der Waals surface area contributed by atoms with Crippen LogP contribution in [-0.4, -0.2) is 23.5 Å². The summed E-state index contributed by atoms with van der Waals surface area (Å²) >= 11 is 0. The van der Waals surface area contributed by atoms with Crippen LogP contribution < -0.4 is 5.32 Å². The summed E-state index contributed by atoms with van der Waals surface area (Å²) in [7, 11) is 0. The monoisotopic (exact) mass is 257 g/mol. The van der Waals surface area contributed by atoms with Crippen molar-refractivity contribution in [1.82, 2.24) is 5.32 Å². The van der Waals surface area contributed by atoms with Gasteiger partial charge in [0.15, 0.2) is 0 Å². The van der Waals surface area contributed by atoms with Crippen molar-refractivity contribution in [2.45, 2.75) is 43.6 Å². The van der Waals surface area contributed by atoms with Crippen LogP contribution in [0.5, 0.6) is 5.75 Å². The number of carbonyl (C=O) groups is 1. The second-order valence-corrected chi connectivity index (χ2v) is 6.37. The lowest BCUT2D eigenvalue weighted by Gasteiger charge is -2.55. The summed E-state index contributed by atoms with van der Waals surface area (Å²) in [6, 6.07) is 6.23. The SMILES string of the molecule is O=C1CC[C@H]2[C@@H]3Cc4cc(O)ccc4[C@@]2(CCN3)C1. The molecule has 0 spiro atoms. The van der Waals surface area contributed by atoms with Gasteiger partial charge in [-0.2, -0.15) is 0 Å². The maximum Gasteiger partial charge on any atom is 0.133 e. The van der Waals surface area contributed by atoms with Crippen LogP contribution in [0, 0.1) is 5.92 Å². The first kappa shape index (κ1) is 11.5. The molecule has 0 aromatic heterocycles. The normalized spacial score (nSPS) is 36.5. The lowest BCUT2D eigenvalue weighted by molar-refractivity contribution is -0.125. The zero-order valence-electron chi connectivity index (χ0n) is 11.0. The number of carbonyl (C=O) groups excluding carboxylic acids is 1. The van der Waals surface area contributed by atoms with Crippen LogP contribution in [0.3, 0.4) is 0 Å². The number of aromatic hydroxyl groups is 1. The van der Waals surface area contributed by atoms with Gasteiger partial charge in [-0.3, -0.25) is 4.79 Å². The minimum atomic E-state index is 0.0481. The smallest absolute Gasteiger partial charge is 0.133 e. The van der Waals surface area contributed by atoms with E-state index in [0.29, 0.717) is 29.9 Å². The van der Waals surface area contributed by atoms with Gasteiger partial charge in [-0.1, -0.05) is 6.07 Å². The molecule has 3 nitrogen and oxygen atoms in total. The van der Waals surface area contributed by atoms with Crippen molar-refractivity contribution in [3.8, 4) is 5.75 Å². The molecule has 3 atom stereocenters. The van der Waals surface area contributed by atoms with Crippen LogP contribution in [0.25, 0.3) is 0 Å². The molecule has 3 heteroatoms. The number of piperidine rings is 1. The number of phenolic OH excluding ortho intramolecular Hbond substituents is 1. The van der Waals surface area contributed by atoms with Gasteiger partial charge in [0.1, 0.15) is 11.5 Å². The maximum absolute atomic E-state index is 12.0. The van der Waals surface area contributed by atoms with Crippen molar-refractivity contribution in [1.29, 1.82) is 0 Å². The topological polar surface area (TPSA) is 49.3 Å². The van der Waals surface area contributed by atoms with Gasteiger partial charge in [-0.15, -0.1) is 0 Å². The molecular weight excluding hydrogens is 238 g/mol. The number of Topliss-reactive ketones (excluding diaryl/α,β-unsaturated/α-hetero) is 1. The fraction of sp³-hybridized carbons (Fsp3) is 0.562. The molecule has 1 saturated heterocycles. The molecule has 19 heavy (non-hydrogen) atoms. The third kappa shape index (κ3) is 1.51. The van der Waals surface area contributed by atoms with Crippen molar-refractivity contribution in [2.24, 2.45) is 5.92 Å². The van der Waals surface area contributed by atoms with E-state index in [-0.39, 0.29) is 5.41 Å². The van der Waals surface area contributed by atoms with Gasteiger partial charge < -0.3 is 10.4 Å². The van der Waals surface area contributed by atoms with E-state index in [1.807, 2.05) is 6.07 Å². The standard InChI is InChI=1S/C16H19NO2/c18-11-1-3-13-10(7-11)8-15-14-4-2-12(19)9-16(13,14)5-6-17-15/h1,3,7,14-15,17-18H,2,4-6,8-9H2/t14-,15-,16+/m0/s1. The molecule has 4 rings (SSSR count). The zero-order chi connectivity index (χ0) is 13.0. The Morgan fingerprint density at radius 3 is 3.16 bits per heavy atom. The molecular formula is C16H19NO2. The predicted molar refractivity (Wildman–Crippen MR) is 72.2 cm³/mol. The van der Waals surface area contributed by atoms with Gasteiger partial charge in [0.05, 0.1) is 0 Å². The van der Waals surface area contributed by atoms with Crippen molar-refractivity contribution < 1.29 is 9.90 Å². The van der Waals surface area contributed by atoms with Crippen molar-refractivity contribution in [3.05, 3.63) is 29.3 Å². The Kier molecular flexibility index (Phi) is 2.31. The molecule has 2 N–H and O–H groups in total. The number of hydrogen-bond donors (Lipinski definition) is 2. The molecule has 1 aromatic rings. The van der Waals surface area contributed by atoms with Crippen LogP contribution in [0.1, 0.15) is 36.8 Å². The molecule has 1 saturated carbocycles. The Morgan fingerprint density at radius 1 is 1.37 bits per heavy atom. The molecule has 1 heterocycles. The number of fused-ring (bicyclic) bond motifs is 1. The molecule has 0 unspecified atom stereocenters. The summed E-state index contributed by atoms with van der Waals surface area (Å²) in [5.41, 5.74) is 2.62. The minimum Gasteiger partial charge on any atom is -0.508 e. The van der Waals surface area contributed by atoms with Crippen molar-refractivity contribution in [2.75, 3.05) is 6.54 Å². The fourth-order valence-corrected chi connectivity index (χ4v) is 4.76.